The molecule has 2 aromatic rings. The van der Waals surface area contributed by atoms with E-state index in [4.69, 9.17) is 9.47 Å². The van der Waals surface area contributed by atoms with Gasteiger partial charge in [-0.05, 0) is 31.0 Å². The Balaban J connectivity index is 2.05. The number of hydrogen-bond donors (Lipinski definition) is 2. The van der Waals surface area contributed by atoms with Crippen molar-refractivity contribution in [3.63, 3.8) is 0 Å². The molecule has 0 aliphatic carbocycles. The van der Waals surface area contributed by atoms with Crippen LogP contribution in [0.25, 0.3) is 0 Å². The van der Waals surface area contributed by atoms with Crippen molar-refractivity contribution in [2.45, 2.75) is 37.8 Å². The zero-order chi connectivity index (χ0) is 19.4. The minimum Gasteiger partial charge on any atom is -0.493 e. The average molecular weight is 389 g/mol. The molecule has 0 saturated heterocycles. The zero-order valence-corrected chi connectivity index (χ0v) is 16.4. The molecule has 0 spiro atoms. The van der Waals surface area contributed by atoms with E-state index in [0.717, 1.165) is 17.7 Å². The van der Waals surface area contributed by atoms with Gasteiger partial charge in [0, 0.05) is 18.1 Å². The number of nitrogens with one attached hydrogen (secondary N) is 2. The summed E-state index contributed by atoms with van der Waals surface area (Å²) in [6, 6.07) is 5.47. The monoisotopic (exact) mass is 389 g/mol. The maximum absolute atomic E-state index is 12.8. The van der Waals surface area contributed by atoms with E-state index in [-0.39, 0.29) is 23.8 Å². The third kappa shape index (κ3) is 4.10. The van der Waals surface area contributed by atoms with Crippen LogP contribution in [-0.4, -0.2) is 35.3 Å². The normalized spacial score (nSPS) is 15.8. The zero-order valence-electron chi connectivity index (χ0n) is 15.6. The van der Waals surface area contributed by atoms with E-state index in [2.05, 4.69) is 22.2 Å². The summed E-state index contributed by atoms with van der Waals surface area (Å²) >= 11 is 1.47. The Bertz CT molecular complexity index is 897. The van der Waals surface area contributed by atoms with Gasteiger partial charge in [-0.3, -0.25) is 9.59 Å². The fraction of sp³-hybridized carbons (Fsp3) is 0.421. The lowest BCUT2D eigenvalue weighted by atomic mass is 9.86. The quantitative estimate of drug-likeness (QED) is 0.558. The minimum absolute atomic E-state index is 0.161. The summed E-state index contributed by atoms with van der Waals surface area (Å²) in [5.41, 5.74) is 1.07. The number of H-pyrrole nitrogens is 1. The van der Waals surface area contributed by atoms with Gasteiger partial charge in [-0.25, -0.2) is 4.98 Å². The number of nitrogens with zero attached hydrogens (tertiary/aromatic N) is 1. The number of fused-ring (bicyclic) bond motifs is 1. The topological polar surface area (TPSA) is 93.3 Å². The summed E-state index contributed by atoms with van der Waals surface area (Å²) in [5.74, 6) is 1.83. The molecule has 0 bridgehead atoms. The third-order valence-electron chi connectivity index (χ3n) is 4.26. The number of carbonyl (C=O) groups is 1. The lowest BCUT2D eigenvalue weighted by Gasteiger charge is -2.25. The first kappa shape index (κ1) is 19.3. The van der Waals surface area contributed by atoms with Gasteiger partial charge in [0.15, 0.2) is 16.7 Å². The summed E-state index contributed by atoms with van der Waals surface area (Å²) in [6.07, 6.45) is 1.14. The molecule has 8 heteroatoms. The van der Waals surface area contributed by atoms with Crippen molar-refractivity contribution in [2.75, 3.05) is 24.8 Å². The maximum Gasteiger partial charge on any atom is 0.257 e. The van der Waals surface area contributed by atoms with Crippen molar-refractivity contribution in [1.82, 2.24) is 9.97 Å². The number of aromatic nitrogens is 2. The first-order valence-electron chi connectivity index (χ1n) is 8.94. The lowest BCUT2D eigenvalue weighted by molar-refractivity contribution is -0.116. The molecule has 1 amide bonds. The molecule has 3 rings (SSSR count). The molecule has 1 aromatic carbocycles. The van der Waals surface area contributed by atoms with Gasteiger partial charge >= 0.3 is 0 Å². The first-order chi connectivity index (χ1) is 13.1. The number of rotatable bonds is 7. The maximum atomic E-state index is 12.8. The Labute approximate surface area is 161 Å². The van der Waals surface area contributed by atoms with Crippen LogP contribution in [-0.2, 0) is 4.79 Å². The number of amides is 1. The molecular weight excluding hydrogens is 366 g/mol. The molecule has 2 heterocycles. The van der Waals surface area contributed by atoms with Gasteiger partial charge in [0.05, 0.1) is 19.3 Å². The summed E-state index contributed by atoms with van der Waals surface area (Å²) < 4.78 is 11.0. The molecule has 1 aliphatic rings. The Kier molecular flexibility index (Phi) is 6.05. The van der Waals surface area contributed by atoms with Crippen LogP contribution in [0.3, 0.4) is 0 Å². The van der Waals surface area contributed by atoms with Crippen molar-refractivity contribution in [2.24, 2.45) is 0 Å². The highest BCUT2D eigenvalue weighted by atomic mass is 32.2. The Morgan fingerprint density at radius 2 is 2.07 bits per heavy atom. The van der Waals surface area contributed by atoms with Gasteiger partial charge in [-0.1, -0.05) is 24.8 Å². The number of methoxy groups -OCH3 is 1. The molecular formula is C19H23N3O4S. The van der Waals surface area contributed by atoms with Gasteiger partial charge < -0.3 is 19.8 Å². The number of benzene rings is 1. The predicted molar refractivity (Wildman–Crippen MR) is 105 cm³/mol. The van der Waals surface area contributed by atoms with Crippen molar-refractivity contribution in [1.29, 1.82) is 0 Å². The van der Waals surface area contributed by atoms with Crippen LogP contribution in [0.15, 0.2) is 28.2 Å². The Morgan fingerprint density at radius 3 is 2.78 bits per heavy atom. The predicted octanol–water partition coefficient (Wildman–Crippen LogP) is 3.15. The molecule has 2 N–H and O–H groups in total. The molecule has 7 nitrogen and oxygen atoms in total. The lowest BCUT2D eigenvalue weighted by Crippen LogP contribution is -2.31. The number of ether oxygens (including phenoxy) is 2. The van der Waals surface area contributed by atoms with Crippen LogP contribution in [0.4, 0.5) is 5.82 Å². The fourth-order valence-electron chi connectivity index (χ4n) is 3.08. The number of anilines is 1. The summed E-state index contributed by atoms with van der Waals surface area (Å²) in [5, 5.41) is 3.26. The fourth-order valence-corrected chi connectivity index (χ4v) is 3.80. The average Bonchev–Trinajstić information content (AvgIpc) is 2.65. The molecule has 1 atom stereocenters. The number of aromatic amines is 1. The van der Waals surface area contributed by atoms with Crippen molar-refractivity contribution >= 4 is 23.5 Å². The molecule has 1 aliphatic heterocycles. The van der Waals surface area contributed by atoms with Crippen LogP contribution in [0.1, 0.15) is 43.7 Å². The van der Waals surface area contributed by atoms with Crippen molar-refractivity contribution < 1.29 is 14.3 Å². The standard InChI is InChI=1S/C19H23N3O4S/c1-4-8-27-19-21-17-16(18(24)22-19)12(10-15(23)20-17)11-6-7-13(25-3)14(9-11)26-5-2/h6-7,9,12H,4-5,8,10H2,1-3H3,(H2,20,21,22,23,24). The number of carbonyl (C=O) groups excluding carboxylic acids is 1. The van der Waals surface area contributed by atoms with Crippen LogP contribution in [0.5, 0.6) is 11.5 Å². The third-order valence-corrected chi connectivity index (χ3v) is 5.34. The first-order valence-corrected chi connectivity index (χ1v) is 9.93. The second kappa shape index (κ2) is 8.47. The van der Waals surface area contributed by atoms with Crippen LogP contribution < -0.4 is 20.3 Å². The SMILES string of the molecule is CCCSc1nc2c(c(=O)[nH]1)C(c1ccc(OC)c(OCC)c1)CC(=O)N2. The molecule has 0 fully saturated rings. The van der Waals surface area contributed by atoms with Gasteiger partial charge in [0.2, 0.25) is 5.91 Å². The van der Waals surface area contributed by atoms with Crippen LogP contribution >= 0.6 is 11.8 Å². The van der Waals surface area contributed by atoms with Gasteiger partial charge in [0.1, 0.15) is 5.82 Å². The molecule has 1 aromatic heterocycles. The van der Waals surface area contributed by atoms with Gasteiger partial charge in [-0.2, -0.15) is 0 Å². The van der Waals surface area contributed by atoms with Crippen molar-refractivity contribution in [3.05, 3.63) is 39.7 Å². The van der Waals surface area contributed by atoms with E-state index in [0.29, 0.717) is 34.6 Å². The smallest absolute Gasteiger partial charge is 0.257 e. The highest BCUT2D eigenvalue weighted by Crippen LogP contribution is 2.38. The number of hydrogen-bond acceptors (Lipinski definition) is 6. The van der Waals surface area contributed by atoms with E-state index in [1.54, 1.807) is 13.2 Å². The largest absolute Gasteiger partial charge is 0.493 e. The minimum atomic E-state index is -0.389. The van der Waals surface area contributed by atoms with Gasteiger partial charge in [0.25, 0.3) is 5.56 Å². The molecule has 0 saturated carbocycles. The molecule has 27 heavy (non-hydrogen) atoms. The summed E-state index contributed by atoms with van der Waals surface area (Å²) in [7, 11) is 1.57. The molecule has 0 radical (unpaired) electrons. The van der Waals surface area contributed by atoms with Crippen LogP contribution in [0, 0.1) is 0 Å². The molecule has 1 unspecified atom stereocenters. The Morgan fingerprint density at radius 1 is 1.26 bits per heavy atom. The van der Waals surface area contributed by atoms with E-state index in [1.165, 1.54) is 11.8 Å². The highest BCUT2D eigenvalue weighted by molar-refractivity contribution is 7.99. The van der Waals surface area contributed by atoms with Crippen LogP contribution in [0.2, 0.25) is 0 Å². The second-order valence-corrected chi connectivity index (χ2v) is 7.21. The highest BCUT2D eigenvalue weighted by Gasteiger charge is 2.31. The van der Waals surface area contributed by atoms with E-state index in [9.17, 15) is 9.59 Å². The van der Waals surface area contributed by atoms with E-state index in [1.807, 2.05) is 19.1 Å². The summed E-state index contributed by atoms with van der Waals surface area (Å²) in [6.45, 7) is 4.43. The van der Waals surface area contributed by atoms with Crippen molar-refractivity contribution in [3.8, 4) is 11.5 Å². The summed E-state index contributed by atoms with van der Waals surface area (Å²) in [4.78, 5) is 32.3. The van der Waals surface area contributed by atoms with Gasteiger partial charge in [-0.15, -0.1) is 0 Å². The second-order valence-electron chi connectivity index (χ2n) is 6.13. The number of thioether (sulfide) groups is 1. The van der Waals surface area contributed by atoms with E-state index < -0.39 is 0 Å². The van der Waals surface area contributed by atoms with E-state index >= 15 is 0 Å². The Hall–Kier alpha value is -2.48. The molecule has 144 valence electrons.